The van der Waals surface area contributed by atoms with Gasteiger partial charge in [0.05, 0.1) is 27.8 Å². The summed E-state index contributed by atoms with van der Waals surface area (Å²) in [6.45, 7) is 4.81. The van der Waals surface area contributed by atoms with Crippen molar-refractivity contribution in [2.24, 2.45) is 0 Å². The van der Waals surface area contributed by atoms with E-state index in [-0.39, 0.29) is 5.41 Å². The normalized spacial score (nSPS) is 13.2. The van der Waals surface area contributed by atoms with Crippen molar-refractivity contribution in [3.8, 4) is 78.9 Å². The van der Waals surface area contributed by atoms with Crippen LogP contribution in [0.2, 0.25) is 0 Å². The molecule has 5 nitrogen and oxygen atoms in total. The Balaban J connectivity index is 0.945. The quantitative estimate of drug-likeness (QED) is 0.173. The predicted octanol–water partition coefficient (Wildman–Crippen LogP) is 16.2. The van der Waals surface area contributed by atoms with Gasteiger partial charge in [-0.2, -0.15) is 0 Å². The van der Waals surface area contributed by atoms with Crippen molar-refractivity contribution >= 4 is 54.4 Å². The average molecular weight is 880 g/mol. The molecule has 0 unspecified atom stereocenters. The molecular weight excluding hydrogens is 839 g/mol. The molecule has 0 N–H and O–H groups in total. The topological polar surface area (TPSA) is 48.5 Å². The molecule has 1 aliphatic heterocycles. The number of fused-ring (bicyclic) bond motifs is 10. The summed E-state index contributed by atoms with van der Waals surface area (Å²) in [5.74, 6) is 1.90. The molecule has 5 heteroatoms. The molecule has 0 saturated carbocycles. The van der Waals surface area contributed by atoms with Gasteiger partial charge in [0.25, 0.3) is 0 Å². The van der Waals surface area contributed by atoms with Gasteiger partial charge in [-0.05, 0) is 98.8 Å². The van der Waals surface area contributed by atoms with Crippen LogP contribution in [0.3, 0.4) is 0 Å². The molecule has 10 aromatic carbocycles. The van der Waals surface area contributed by atoms with Crippen LogP contribution in [0.1, 0.15) is 25.0 Å². The van der Waals surface area contributed by atoms with E-state index < -0.39 is 0 Å². The fraction of sp³-hybridized carbons (Fsp3) is 0.0469. The summed E-state index contributed by atoms with van der Waals surface area (Å²) < 4.78 is 4.87. The average Bonchev–Trinajstić information content (AvgIpc) is 3.97. The molecule has 322 valence electrons. The Morgan fingerprint density at radius 1 is 0.362 bits per heavy atom. The van der Waals surface area contributed by atoms with Gasteiger partial charge in [-0.1, -0.05) is 172 Å². The van der Waals surface area contributed by atoms with Crippen LogP contribution in [0.25, 0.3) is 133 Å². The lowest BCUT2D eigenvalue weighted by molar-refractivity contribution is 0.662. The first-order valence-electron chi connectivity index (χ1n) is 23.8. The van der Waals surface area contributed by atoms with Crippen molar-refractivity contribution in [2.45, 2.75) is 19.3 Å². The molecule has 0 saturated heterocycles. The molecular formula is C64H41N5. The molecule has 0 atom stereocenters. The van der Waals surface area contributed by atoms with Crippen molar-refractivity contribution < 1.29 is 0 Å². The lowest BCUT2D eigenvalue weighted by Crippen LogP contribution is -2.16. The highest BCUT2D eigenvalue weighted by Crippen LogP contribution is 2.60. The first-order valence-corrected chi connectivity index (χ1v) is 23.8. The fourth-order valence-corrected chi connectivity index (χ4v) is 12.1. The standard InChI is InChI=1S/C64H41N5/c1-64(2)52-34-33-49-46-24-9-13-29-55(46)69-54-28-12-8-23-45(54)48-32-31-44(59(64)57(48)58(52)60(49)69)39-18-14-19-40(36-39)61-65-62(67-63(66-61)50-26-15-17-38-16-6-7-22-43(38)50)41-30-35-56-51(37-41)47-25-10-11-27-53(47)68(56)42-20-4-3-5-21-42/h3-37H,1-2H3. The van der Waals surface area contributed by atoms with Gasteiger partial charge in [0.1, 0.15) is 0 Å². The Hall–Kier alpha value is -8.93. The second-order valence-corrected chi connectivity index (χ2v) is 19.1. The number of rotatable bonds is 5. The maximum atomic E-state index is 5.38. The lowest BCUT2D eigenvalue weighted by atomic mass is 9.77. The second kappa shape index (κ2) is 14.0. The van der Waals surface area contributed by atoms with E-state index in [9.17, 15) is 0 Å². The van der Waals surface area contributed by atoms with Gasteiger partial charge < -0.3 is 9.13 Å². The molecule has 15 rings (SSSR count). The number of aromatic nitrogens is 5. The van der Waals surface area contributed by atoms with Crippen molar-refractivity contribution in [1.82, 2.24) is 24.1 Å². The molecule has 13 aromatic rings. The first kappa shape index (κ1) is 38.2. The largest absolute Gasteiger partial charge is 0.309 e. The number of para-hydroxylation sites is 4. The second-order valence-electron chi connectivity index (χ2n) is 19.1. The smallest absolute Gasteiger partial charge is 0.164 e. The van der Waals surface area contributed by atoms with Gasteiger partial charge in [0.2, 0.25) is 0 Å². The molecule has 2 aliphatic rings. The van der Waals surface area contributed by atoms with Gasteiger partial charge in [-0.15, -0.1) is 0 Å². The van der Waals surface area contributed by atoms with Gasteiger partial charge in [-0.25, -0.2) is 15.0 Å². The Morgan fingerprint density at radius 3 is 1.81 bits per heavy atom. The van der Waals surface area contributed by atoms with E-state index in [0.29, 0.717) is 17.5 Å². The summed E-state index contributed by atoms with van der Waals surface area (Å²) in [5, 5.41) is 7.13. The van der Waals surface area contributed by atoms with Crippen LogP contribution in [0.4, 0.5) is 0 Å². The number of hydrogen-bond acceptors (Lipinski definition) is 3. The van der Waals surface area contributed by atoms with Crippen LogP contribution in [-0.2, 0) is 5.41 Å². The Labute approximate surface area is 398 Å². The van der Waals surface area contributed by atoms with Crippen LogP contribution >= 0.6 is 0 Å². The van der Waals surface area contributed by atoms with E-state index in [1.165, 1.54) is 71.8 Å². The SMILES string of the molecule is CC1(C)c2ccc3c4ccccc4n4c3c2-c2c(ccc(-c3cccc(-c5nc(-c6ccc7c(c6)c6ccccc6n7-c6ccccc6)nc(-c6cccc7ccccc67)n5)c3)c21)-c1ccccc1-4. The molecule has 3 aromatic heterocycles. The molecule has 0 bridgehead atoms. The van der Waals surface area contributed by atoms with Crippen LogP contribution in [0.15, 0.2) is 212 Å². The minimum absolute atomic E-state index is 0.280. The summed E-state index contributed by atoms with van der Waals surface area (Å²) in [7, 11) is 0. The summed E-state index contributed by atoms with van der Waals surface area (Å²) in [4.78, 5) is 16.1. The molecule has 0 amide bonds. The maximum Gasteiger partial charge on any atom is 0.164 e. The summed E-state index contributed by atoms with van der Waals surface area (Å²) in [6.07, 6.45) is 0. The molecule has 0 radical (unpaired) electrons. The van der Waals surface area contributed by atoms with Crippen molar-refractivity contribution in [3.63, 3.8) is 0 Å². The van der Waals surface area contributed by atoms with E-state index in [2.05, 4.69) is 235 Å². The van der Waals surface area contributed by atoms with Crippen LogP contribution in [-0.4, -0.2) is 24.1 Å². The molecule has 0 spiro atoms. The van der Waals surface area contributed by atoms with Gasteiger partial charge in [-0.3, -0.25) is 0 Å². The first-order chi connectivity index (χ1) is 34.0. The highest BCUT2D eigenvalue weighted by Gasteiger charge is 2.43. The summed E-state index contributed by atoms with van der Waals surface area (Å²) >= 11 is 0. The maximum absolute atomic E-state index is 5.38. The van der Waals surface area contributed by atoms with Crippen molar-refractivity contribution in [2.75, 3.05) is 0 Å². The van der Waals surface area contributed by atoms with Gasteiger partial charge in [0, 0.05) is 60.5 Å². The zero-order valence-corrected chi connectivity index (χ0v) is 37.9. The van der Waals surface area contributed by atoms with Crippen molar-refractivity contribution in [3.05, 3.63) is 223 Å². The number of hydrogen-bond donors (Lipinski definition) is 0. The third kappa shape index (κ3) is 5.33. The zero-order chi connectivity index (χ0) is 45.5. The van der Waals surface area contributed by atoms with E-state index in [4.69, 9.17) is 15.0 Å². The van der Waals surface area contributed by atoms with Crippen molar-refractivity contribution in [1.29, 1.82) is 0 Å². The van der Waals surface area contributed by atoms with Crippen LogP contribution in [0.5, 0.6) is 0 Å². The predicted molar refractivity (Wildman–Crippen MR) is 284 cm³/mol. The Kier molecular flexibility index (Phi) is 7.78. The number of benzene rings is 10. The van der Waals surface area contributed by atoms with Crippen LogP contribution < -0.4 is 0 Å². The molecule has 1 aliphatic carbocycles. The molecule has 69 heavy (non-hydrogen) atoms. The fourth-order valence-electron chi connectivity index (χ4n) is 12.1. The third-order valence-corrected chi connectivity index (χ3v) is 15.1. The van der Waals surface area contributed by atoms with Gasteiger partial charge in [0.15, 0.2) is 17.5 Å². The lowest BCUT2D eigenvalue weighted by Gasteiger charge is -2.26. The summed E-state index contributed by atoms with van der Waals surface area (Å²) in [6, 6.07) is 76.8. The Morgan fingerprint density at radius 2 is 0.971 bits per heavy atom. The van der Waals surface area contributed by atoms with Crippen LogP contribution in [0, 0.1) is 0 Å². The highest BCUT2D eigenvalue weighted by molar-refractivity contribution is 6.19. The monoisotopic (exact) mass is 879 g/mol. The van der Waals surface area contributed by atoms with E-state index >= 15 is 0 Å². The minimum atomic E-state index is -0.280. The molecule has 0 fully saturated rings. The number of nitrogens with zero attached hydrogens (tertiary/aromatic N) is 5. The van der Waals surface area contributed by atoms with E-state index in [0.717, 1.165) is 55.1 Å². The summed E-state index contributed by atoms with van der Waals surface area (Å²) in [5.41, 5.74) is 20.0. The minimum Gasteiger partial charge on any atom is -0.309 e. The van der Waals surface area contributed by atoms with Gasteiger partial charge >= 0.3 is 0 Å². The highest BCUT2D eigenvalue weighted by atomic mass is 15.0. The third-order valence-electron chi connectivity index (χ3n) is 15.1. The Bertz CT molecular complexity index is 4340. The van der Waals surface area contributed by atoms with E-state index in [1.54, 1.807) is 0 Å². The zero-order valence-electron chi connectivity index (χ0n) is 37.9. The van der Waals surface area contributed by atoms with E-state index in [1.807, 2.05) is 0 Å². The molecule has 4 heterocycles.